The molecular formula is C40H42FN7O3. The van der Waals surface area contributed by atoms with Gasteiger partial charge in [0.25, 0.3) is 0 Å². The minimum Gasteiger partial charge on any atom is -0.492 e. The Balaban J connectivity index is 1.46. The van der Waals surface area contributed by atoms with Gasteiger partial charge >= 0.3 is 6.01 Å². The van der Waals surface area contributed by atoms with Crippen LogP contribution in [0.2, 0.25) is 0 Å². The zero-order valence-electron chi connectivity index (χ0n) is 31.9. The number of hydrogen-bond donors (Lipinski definition) is 0. The summed E-state index contributed by atoms with van der Waals surface area (Å²) in [5, 5.41) is 11.8. The van der Waals surface area contributed by atoms with Gasteiger partial charge in [-0.3, -0.25) is 14.7 Å². The highest BCUT2D eigenvalue weighted by molar-refractivity contribution is 6.04. The first-order valence-corrected chi connectivity index (χ1v) is 17.3. The number of anilines is 1. The van der Waals surface area contributed by atoms with E-state index in [2.05, 4.69) is 23.5 Å². The van der Waals surface area contributed by atoms with Crippen LogP contribution in [0.1, 0.15) is 55.1 Å². The summed E-state index contributed by atoms with van der Waals surface area (Å²) in [6, 6.07) is 10.0. The van der Waals surface area contributed by atoms with Gasteiger partial charge in [-0.2, -0.15) is 15.2 Å². The van der Waals surface area contributed by atoms with Crippen molar-refractivity contribution in [1.29, 1.82) is 5.26 Å². The molecule has 4 aromatic rings. The Morgan fingerprint density at radius 3 is 2.73 bits per heavy atom. The van der Waals surface area contributed by atoms with Crippen LogP contribution in [0.25, 0.3) is 32.9 Å². The molecule has 51 heavy (non-hydrogen) atoms. The van der Waals surface area contributed by atoms with E-state index >= 15 is 4.39 Å². The van der Waals surface area contributed by atoms with Crippen LogP contribution in [0.3, 0.4) is 0 Å². The summed E-state index contributed by atoms with van der Waals surface area (Å²) >= 11 is 0. The maximum Gasteiger partial charge on any atom is 0.319 e. The lowest BCUT2D eigenvalue weighted by Crippen LogP contribution is -2.51. The number of fused-ring (bicyclic) bond motifs is 3. The number of carbonyl (C=O) groups excluding carboxylic acids is 1. The number of ether oxygens (including phenoxy) is 2. The molecule has 0 bridgehead atoms. The second kappa shape index (κ2) is 13.5. The predicted molar refractivity (Wildman–Crippen MR) is 195 cm³/mol. The summed E-state index contributed by atoms with van der Waals surface area (Å²) in [6.07, 6.45) is 13.8. The molecular weight excluding hydrogens is 645 g/mol. The normalized spacial score (nSPS) is 22.6. The number of likely N-dealkylation sites (N-methyl/N-ethyl adjacent to an activating group) is 1. The van der Waals surface area contributed by atoms with Crippen molar-refractivity contribution in [3.63, 3.8) is 0 Å². The van der Waals surface area contributed by atoms with E-state index in [4.69, 9.17) is 35.0 Å². The Hall–Kier alpha value is -5.26. The molecule has 0 saturated carbocycles. The van der Waals surface area contributed by atoms with E-state index in [-0.39, 0.29) is 46.5 Å². The molecule has 2 atom stereocenters. The maximum absolute atomic E-state index is 15.2. The van der Waals surface area contributed by atoms with E-state index in [1.54, 1.807) is 37.5 Å². The number of aromatic nitrogens is 3. The summed E-state index contributed by atoms with van der Waals surface area (Å²) in [7, 11) is -1.28. The Bertz CT molecular complexity index is 2230. The van der Waals surface area contributed by atoms with Gasteiger partial charge in [-0.05, 0) is 76.1 Å². The average molecular weight is 691 g/mol. The smallest absolute Gasteiger partial charge is 0.319 e. The number of methoxy groups -OCH3 is 1. The second-order valence-electron chi connectivity index (χ2n) is 14.1. The van der Waals surface area contributed by atoms with Crippen LogP contribution < -0.4 is 14.4 Å². The lowest BCUT2D eigenvalue weighted by Gasteiger charge is -2.38. The molecule has 262 valence electrons. The highest BCUT2D eigenvalue weighted by atomic mass is 19.1. The first-order chi connectivity index (χ1) is 25.8. The average Bonchev–Trinajstić information content (AvgIpc) is 3.69. The largest absolute Gasteiger partial charge is 0.492 e. The van der Waals surface area contributed by atoms with Crippen LogP contribution in [0.4, 0.5) is 10.2 Å². The van der Waals surface area contributed by atoms with Crippen LogP contribution in [-0.2, 0) is 4.79 Å². The predicted octanol–water partition coefficient (Wildman–Crippen LogP) is 6.12. The van der Waals surface area contributed by atoms with Crippen LogP contribution in [0.5, 0.6) is 11.8 Å². The van der Waals surface area contributed by atoms with Crippen molar-refractivity contribution in [1.82, 2.24) is 24.8 Å². The number of rotatable bonds is 8. The molecule has 2 aromatic carbocycles. The number of halogens is 1. The molecule has 0 spiro atoms. The summed E-state index contributed by atoms with van der Waals surface area (Å²) in [5.41, 5.74) is -0.451. The van der Waals surface area contributed by atoms with E-state index in [0.717, 1.165) is 38.8 Å². The molecule has 10 nitrogen and oxygen atoms in total. The lowest BCUT2D eigenvalue weighted by atomic mass is 9.79. The molecule has 2 aromatic heterocycles. The van der Waals surface area contributed by atoms with Gasteiger partial charge in [-0.1, -0.05) is 36.8 Å². The first kappa shape index (κ1) is 30.6. The van der Waals surface area contributed by atoms with Crippen molar-refractivity contribution in [3.8, 4) is 41.4 Å². The fraction of sp³-hybridized carbons (Fsp3) is 0.425. The number of terminal acetylenes is 1. The molecule has 3 aliphatic heterocycles. The second-order valence-corrected chi connectivity index (χ2v) is 14.1. The number of hydrogen-bond acceptors (Lipinski definition) is 9. The van der Waals surface area contributed by atoms with Crippen LogP contribution >= 0.6 is 0 Å². The summed E-state index contributed by atoms with van der Waals surface area (Å²) in [4.78, 5) is 33.5. The Morgan fingerprint density at radius 2 is 2.00 bits per heavy atom. The van der Waals surface area contributed by atoms with E-state index < -0.39 is 24.3 Å². The molecule has 7 rings (SSSR count). The fourth-order valence-corrected chi connectivity index (χ4v) is 8.45. The standard InChI is InChI=1S/C40H42FN7O3/c1-6-27-30(41)15-14-26-12-8-13-28(33(26)27)34-36(50-5)35-29(22-43-34)37(45-38(44-35)51-25-40-17-10-20-48(40)21-11-18-40)47-19-9-16-39(3,24-42)31(23-47)46(4)32(49)7-2/h1,7-8,12-15,22,31H,2,9-11,16-21,23,25H2,3-5H3/i5D3. The van der Waals surface area contributed by atoms with Gasteiger partial charge in [-0.25, -0.2) is 4.39 Å². The van der Waals surface area contributed by atoms with Gasteiger partial charge in [0, 0.05) is 37.3 Å². The van der Waals surface area contributed by atoms with Gasteiger partial charge in [0.2, 0.25) is 5.91 Å². The van der Waals surface area contributed by atoms with Crippen molar-refractivity contribution in [2.45, 2.75) is 57.0 Å². The van der Waals surface area contributed by atoms with Gasteiger partial charge in [0.1, 0.15) is 29.5 Å². The van der Waals surface area contributed by atoms with E-state index in [1.807, 2.05) is 11.8 Å². The number of pyridine rings is 1. The molecule has 11 heteroatoms. The first-order valence-electron chi connectivity index (χ1n) is 18.8. The third kappa shape index (κ3) is 5.80. The monoisotopic (exact) mass is 690 g/mol. The fourth-order valence-electron chi connectivity index (χ4n) is 8.45. The Kier molecular flexibility index (Phi) is 8.07. The highest BCUT2D eigenvalue weighted by Crippen LogP contribution is 2.44. The van der Waals surface area contributed by atoms with E-state index in [9.17, 15) is 10.1 Å². The van der Waals surface area contributed by atoms with Crippen LogP contribution in [0.15, 0.2) is 49.2 Å². The maximum atomic E-state index is 15.2. The van der Waals surface area contributed by atoms with E-state index in [1.165, 1.54) is 17.0 Å². The van der Waals surface area contributed by atoms with Crippen molar-refractivity contribution in [2.75, 3.05) is 51.8 Å². The van der Waals surface area contributed by atoms with Crippen molar-refractivity contribution in [3.05, 3.63) is 60.6 Å². The molecule has 3 fully saturated rings. The van der Waals surface area contributed by atoms with Gasteiger partial charge < -0.3 is 19.3 Å². The summed E-state index contributed by atoms with van der Waals surface area (Å²) < 4.78 is 52.1. The minimum atomic E-state index is -2.94. The van der Waals surface area contributed by atoms with Gasteiger partial charge in [-0.15, -0.1) is 6.42 Å². The molecule has 0 aliphatic carbocycles. The van der Waals surface area contributed by atoms with Gasteiger partial charge in [0.15, 0.2) is 5.75 Å². The molecule has 3 saturated heterocycles. The number of benzene rings is 2. The number of nitriles is 1. The molecule has 5 heterocycles. The molecule has 2 unspecified atom stereocenters. The lowest BCUT2D eigenvalue weighted by molar-refractivity contribution is -0.128. The quantitative estimate of drug-likeness (QED) is 0.160. The molecule has 3 aliphatic rings. The third-order valence-corrected chi connectivity index (χ3v) is 11.2. The van der Waals surface area contributed by atoms with Crippen molar-refractivity contribution in [2.24, 2.45) is 5.41 Å². The zero-order valence-corrected chi connectivity index (χ0v) is 28.9. The van der Waals surface area contributed by atoms with E-state index in [0.29, 0.717) is 53.5 Å². The van der Waals surface area contributed by atoms with Crippen LogP contribution in [-0.4, -0.2) is 89.1 Å². The summed E-state index contributed by atoms with van der Waals surface area (Å²) in [6.45, 7) is 8.51. The topological polar surface area (TPSA) is 108 Å². The number of nitrogens with zero attached hydrogens (tertiary/aromatic N) is 7. The molecule has 0 N–H and O–H groups in total. The number of amides is 1. The van der Waals surface area contributed by atoms with Crippen LogP contribution in [0, 0.1) is 34.9 Å². The zero-order chi connectivity index (χ0) is 38.4. The molecule has 1 amide bonds. The summed E-state index contributed by atoms with van der Waals surface area (Å²) in [5.74, 6) is 1.73. The third-order valence-electron chi connectivity index (χ3n) is 11.2. The Morgan fingerprint density at radius 1 is 1.22 bits per heavy atom. The SMILES string of the molecule is [2H]C([2H])([2H])Oc1c(-c2cccc3ccc(F)c(C#C)c23)ncc2c(N3CCCC(C)(C#N)C(N(C)C(=O)C=C)C3)nc(OCC34CCCN3CCC4)nc12. The van der Waals surface area contributed by atoms with Crippen molar-refractivity contribution < 1.29 is 22.8 Å². The number of carbonyl (C=O) groups is 1. The Labute approximate surface area is 302 Å². The molecule has 0 radical (unpaired) electrons. The highest BCUT2D eigenvalue weighted by Gasteiger charge is 2.45. The minimum absolute atomic E-state index is 0.00325. The van der Waals surface area contributed by atoms with Crippen molar-refractivity contribution >= 4 is 33.4 Å². The van der Waals surface area contributed by atoms with Gasteiger partial charge in [0.05, 0.1) is 45.2 Å².